The molecule has 0 unspecified atom stereocenters. The molecule has 148 valence electrons. The van der Waals surface area contributed by atoms with Gasteiger partial charge in [0.25, 0.3) is 0 Å². The van der Waals surface area contributed by atoms with Gasteiger partial charge in [0.15, 0.2) is 11.5 Å². The molecule has 1 N–H and O–H groups in total. The first-order valence-electron chi connectivity index (χ1n) is 8.97. The molecule has 0 bridgehead atoms. The third-order valence-electron chi connectivity index (χ3n) is 4.00. The summed E-state index contributed by atoms with van der Waals surface area (Å²) in [6, 6.07) is 17.7. The first kappa shape index (κ1) is 22.0. The third-order valence-corrected chi connectivity index (χ3v) is 4.25. The average molecular weight is 419 g/mol. The quantitative estimate of drug-likeness (QED) is 0.503. The molecule has 0 atom stereocenters. The fourth-order valence-electron chi connectivity index (χ4n) is 2.65. The fraction of sp³-hybridized carbons (Fsp3) is 0.227. The zero-order valence-corrected chi connectivity index (χ0v) is 17.3. The van der Waals surface area contributed by atoms with E-state index in [0.717, 1.165) is 46.3 Å². The van der Waals surface area contributed by atoms with E-state index in [4.69, 9.17) is 21.1 Å². The predicted molar refractivity (Wildman–Crippen MR) is 115 cm³/mol. The second-order valence-electron chi connectivity index (χ2n) is 6.09. The molecule has 1 aromatic heterocycles. The molecular formula is C22H24Cl2N2O2. The number of ether oxygens (including phenoxy) is 2. The van der Waals surface area contributed by atoms with Crippen molar-refractivity contribution in [2.45, 2.75) is 26.6 Å². The monoisotopic (exact) mass is 418 g/mol. The van der Waals surface area contributed by atoms with E-state index in [1.54, 1.807) is 6.20 Å². The summed E-state index contributed by atoms with van der Waals surface area (Å²) >= 11 is 5.92. The number of aromatic nitrogens is 1. The van der Waals surface area contributed by atoms with Gasteiger partial charge in [-0.2, -0.15) is 0 Å². The Morgan fingerprint density at radius 3 is 2.36 bits per heavy atom. The largest absolute Gasteiger partial charge is 0.490 e. The van der Waals surface area contributed by atoms with Crippen molar-refractivity contribution >= 4 is 24.0 Å². The van der Waals surface area contributed by atoms with Crippen LogP contribution in [0.2, 0.25) is 5.02 Å². The summed E-state index contributed by atoms with van der Waals surface area (Å²) < 4.78 is 11.7. The lowest BCUT2D eigenvalue weighted by Gasteiger charge is -2.14. The first-order chi connectivity index (χ1) is 13.2. The molecule has 4 nitrogen and oxygen atoms in total. The van der Waals surface area contributed by atoms with Crippen LogP contribution in [0.15, 0.2) is 67.0 Å². The Balaban J connectivity index is 0.00000280. The molecule has 0 radical (unpaired) electrons. The van der Waals surface area contributed by atoms with E-state index >= 15 is 0 Å². The van der Waals surface area contributed by atoms with Gasteiger partial charge in [0.2, 0.25) is 0 Å². The molecular weight excluding hydrogens is 395 g/mol. The highest BCUT2D eigenvalue weighted by atomic mass is 35.5. The number of halogens is 2. The topological polar surface area (TPSA) is 43.4 Å². The van der Waals surface area contributed by atoms with E-state index in [2.05, 4.69) is 22.4 Å². The summed E-state index contributed by atoms with van der Waals surface area (Å²) in [6.07, 6.45) is 3.65. The van der Waals surface area contributed by atoms with Gasteiger partial charge < -0.3 is 14.8 Å². The molecule has 0 aliphatic carbocycles. The molecule has 2 aromatic carbocycles. The van der Waals surface area contributed by atoms with E-state index < -0.39 is 0 Å². The summed E-state index contributed by atoms with van der Waals surface area (Å²) in [6.45, 7) is 4.54. The van der Waals surface area contributed by atoms with Crippen molar-refractivity contribution in [3.63, 3.8) is 0 Å². The van der Waals surface area contributed by atoms with Crippen molar-refractivity contribution in [2.75, 3.05) is 6.61 Å². The summed E-state index contributed by atoms with van der Waals surface area (Å²) in [7, 11) is 0. The predicted octanol–water partition coefficient (Wildman–Crippen LogP) is 5.42. The van der Waals surface area contributed by atoms with Crippen molar-refractivity contribution in [3.05, 3.63) is 88.7 Å². The van der Waals surface area contributed by atoms with Gasteiger partial charge in [-0.25, -0.2) is 0 Å². The van der Waals surface area contributed by atoms with Gasteiger partial charge in [0.05, 0.1) is 6.61 Å². The van der Waals surface area contributed by atoms with E-state index in [-0.39, 0.29) is 12.4 Å². The van der Waals surface area contributed by atoms with Crippen molar-refractivity contribution in [2.24, 2.45) is 0 Å². The van der Waals surface area contributed by atoms with Crippen LogP contribution in [-0.2, 0) is 19.7 Å². The molecule has 6 heteroatoms. The Hall–Kier alpha value is -2.27. The Kier molecular flexibility index (Phi) is 9.08. The maximum absolute atomic E-state index is 5.95. The minimum atomic E-state index is 0. The van der Waals surface area contributed by atoms with Crippen LogP contribution in [0.4, 0.5) is 0 Å². The Labute approximate surface area is 177 Å². The second kappa shape index (κ2) is 11.5. The molecule has 0 saturated heterocycles. The fourth-order valence-corrected chi connectivity index (χ4v) is 2.77. The highest BCUT2D eigenvalue weighted by Crippen LogP contribution is 2.29. The van der Waals surface area contributed by atoms with E-state index in [1.165, 1.54) is 0 Å². The smallest absolute Gasteiger partial charge is 0.161 e. The molecule has 0 aliphatic rings. The van der Waals surface area contributed by atoms with Gasteiger partial charge >= 0.3 is 0 Å². The van der Waals surface area contributed by atoms with E-state index in [0.29, 0.717) is 13.2 Å². The van der Waals surface area contributed by atoms with Gasteiger partial charge in [-0.3, -0.25) is 4.98 Å². The number of pyridine rings is 1. The average Bonchev–Trinajstić information content (AvgIpc) is 2.70. The van der Waals surface area contributed by atoms with Gasteiger partial charge in [-0.05, 0) is 53.9 Å². The van der Waals surface area contributed by atoms with Crippen LogP contribution in [0, 0.1) is 0 Å². The molecule has 3 aromatic rings. The third kappa shape index (κ3) is 6.71. The standard InChI is InChI=1S/C22H23ClN2O2.ClH/c1-2-26-22-12-18(13-25-15-19-4-3-11-24-14-19)7-10-21(22)27-16-17-5-8-20(23)9-6-17;/h3-12,14,25H,2,13,15-16H2,1H3;1H. The maximum Gasteiger partial charge on any atom is 0.161 e. The Morgan fingerprint density at radius 1 is 0.893 bits per heavy atom. The van der Waals surface area contributed by atoms with Crippen molar-refractivity contribution in [1.29, 1.82) is 0 Å². The highest BCUT2D eigenvalue weighted by molar-refractivity contribution is 6.30. The van der Waals surface area contributed by atoms with Crippen LogP contribution in [-0.4, -0.2) is 11.6 Å². The van der Waals surface area contributed by atoms with Crippen LogP contribution in [0.25, 0.3) is 0 Å². The lowest BCUT2D eigenvalue weighted by molar-refractivity contribution is 0.269. The zero-order chi connectivity index (χ0) is 18.9. The summed E-state index contributed by atoms with van der Waals surface area (Å²) in [5, 5.41) is 4.14. The van der Waals surface area contributed by atoms with Crippen LogP contribution >= 0.6 is 24.0 Å². The number of hydrogen-bond donors (Lipinski definition) is 1. The van der Waals surface area contributed by atoms with Crippen LogP contribution < -0.4 is 14.8 Å². The van der Waals surface area contributed by atoms with Crippen LogP contribution in [0.3, 0.4) is 0 Å². The van der Waals surface area contributed by atoms with E-state index in [1.807, 2.05) is 55.6 Å². The Morgan fingerprint density at radius 2 is 1.64 bits per heavy atom. The second-order valence-corrected chi connectivity index (χ2v) is 6.53. The lowest BCUT2D eigenvalue weighted by Crippen LogP contribution is -2.13. The number of benzene rings is 2. The first-order valence-corrected chi connectivity index (χ1v) is 9.35. The molecule has 0 spiro atoms. The maximum atomic E-state index is 5.95. The van der Waals surface area contributed by atoms with Gasteiger partial charge in [0.1, 0.15) is 6.61 Å². The molecule has 0 saturated carbocycles. The number of nitrogens with one attached hydrogen (secondary N) is 1. The summed E-state index contributed by atoms with van der Waals surface area (Å²) in [4.78, 5) is 4.13. The molecule has 0 amide bonds. The molecule has 1 heterocycles. The summed E-state index contributed by atoms with van der Waals surface area (Å²) in [5.74, 6) is 1.50. The van der Waals surface area contributed by atoms with Crippen LogP contribution in [0.5, 0.6) is 11.5 Å². The molecule has 0 aliphatic heterocycles. The lowest BCUT2D eigenvalue weighted by atomic mass is 10.2. The minimum Gasteiger partial charge on any atom is -0.490 e. The zero-order valence-electron chi connectivity index (χ0n) is 15.7. The van der Waals surface area contributed by atoms with Crippen molar-refractivity contribution in [1.82, 2.24) is 10.3 Å². The van der Waals surface area contributed by atoms with Crippen molar-refractivity contribution in [3.8, 4) is 11.5 Å². The van der Waals surface area contributed by atoms with Crippen LogP contribution in [0.1, 0.15) is 23.6 Å². The Bertz CT molecular complexity index is 843. The SMILES string of the molecule is CCOc1cc(CNCc2cccnc2)ccc1OCc1ccc(Cl)cc1.Cl. The normalized spacial score (nSPS) is 10.2. The molecule has 0 fully saturated rings. The van der Waals surface area contributed by atoms with Crippen molar-refractivity contribution < 1.29 is 9.47 Å². The summed E-state index contributed by atoms with van der Waals surface area (Å²) in [5.41, 5.74) is 3.36. The minimum absolute atomic E-state index is 0. The van der Waals surface area contributed by atoms with Gasteiger partial charge in [0, 0.05) is 30.5 Å². The van der Waals surface area contributed by atoms with Gasteiger partial charge in [-0.15, -0.1) is 12.4 Å². The highest BCUT2D eigenvalue weighted by Gasteiger charge is 2.07. The van der Waals surface area contributed by atoms with E-state index in [9.17, 15) is 0 Å². The molecule has 28 heavy (non-hydrogen) atoms. The van der Waals surface area contributed by atoms with Gasteiger partial charge in [-0.1, -0.05) is 35.9 Å². The number of hydrogen-bond acceptors (Lipinski definition) is 4. The number of rotatable bonds is 9. The number of nitrogens with zero attached hydrogens (tertiary/aromatic N) is 1. The molecule has 3 rings (SSSR count).